The third-order valence-corrected chi connectivity index (χ3v) is 3.19. The molecule has 15 heavy (non-hydrogen) atoms. The fourth-order valence-corrected chi connectivity index (χ4v) is 2.34. The van der Waals surface area contributed by atoms with Crippen molar-refractivity contribution >= 4 is 0 Å². The van der Waals surface area contributed by atoms with Crippen molar-refractivity contribution in [2.45, 2.75) is 38.3 Å². The second-order valence-corrected chi connectivity index (χ2v) is 4.38. The highest BCUT2D eigenvalue weighted by molar-refractivity contribution is 5.12. The third kappa shape index (κ3) is 1.86. The molecule has 1 N–H and O–H groups in total. The minimum atomic E-state index is 0.321. The van der Waals surface area contributed by atoms with Crippen molar-refractivity contribution in [2.24, 2.45) is 0 Å². The SMILES string of the molecule is c1c(OC2CCNC2)nc2n1CCCC2. The van der Waals surface area contributed by atoms with Gasteiger partial charge in [0, 0.05) is 19.5 Å². The Balaban J connectivity index is 1.72. The average molecular weight is 207 g/mol. The van der Waals surface area contributed by atoms with Crippen molar-refractivity contribution in [3.05, 3.63) is 12.0 Å². The molecule has 1 aromatic heterocycles. The molecule has 0 aromatic carbocycles. The van der Waals surface area contributed by atoms with Gasteiger partial charge >= 0.3 is 0 Å². The summed E-state index contributed by atoms with van der Waals surface area (Å²) >= 11 is 0. The number of ether oxygens (including phenoxy) is 1. The maximum Gasteiger partial charge on any atom is 0.232 e. The normalized spacial score (nSPS) is 25.2. The van der Waals surface area contributed by atoms with Crippen LogP contribution in [0.5, 0.6) is 5.88 Å². The van der Waals surface area contributed by atoms with Crippen molar-refractivity contribution in [1.29, 1.82) is 0 Å². The molecule has 1 aromatic rings. The lowest BCUT2D eigenvalue weighted by molar-refractivity contribution is 0.214. The number of nitrogens with zero attached hydrogens (tertiary/aromatic N) is 2. The number of imidazole rings is 1. The van der Waals surface area contributed by atoms with Gasteiger partial charge < -0.3 is 14.6 Å². The molecular formula is C11H17N3O. The van der Waals surface area contributed by atoms with E-state index >= 15 is 0 Å². The standard InChI is InChI=1S/C11H17N3O/c1-2-6-14-8-11(13-10(14)3-1)15-9-4-5-12-7-9/h8-9,12H,1-7H2. The fourth-order valence-electron chi connectivity index (χ4n) is 2.34. The van der Waals surface area contributed by atoms with Gasteiger partial charge in [0.05, 0.1) is 6.20 Å². The summed E-state index contributed by atoms with van der Waals surface area (Å²) in [5.41, 5.74) is 0. The summed E-state index contributed by atoms with van der Waals surface area (Å²) in [6.07, 6.45) is 7.12. The second kappa shape index (κ2) is 3.85. The van der Waals surface area contributed by atoms with Crippen LogP contribution in [0.2, 0.25) is 0 Å². The number of hydrogen-bond acceptors (Lipinski definition) is 3. The second-order valence-electron chi connectivity index (χ2n) is 4.38. The highest BCUT2D eigenvalue weighted by Gasteiger charge is 2.19. The smallest absolute Gasteiger partial charge is 0.232 e. The van der Waals surface area contributed by atoms with Crippen LogP contribution in [0.3, 0.4) is 0 Å². The number of aryl methyl sites for hydroxylation is 2. The van der Waals surface area contributed by atoms with E-state index in [4.69, 9.17) is 4.74 Å². The molecular weight excluding hydrogens is 190 g/mol. The Labute approximate surface area is 89.6 Å². The summed E-state index contributed by atoms with van der Waals surface area (Å²) in [4.78, 5) is 4.53. The van der Waals surface area contributed by atoms with E-state index in [1.807, 2.05) is 0 Å². The van der Waals surface area contributed by atoms with Crippen molar-refractivity contribution in [3.8, 4) is 5.88 Å². The summed E-state index contributed by atoms with van der Waals surface area (Å²) in [5.74, 6) is 2.02. The van der Waals surface area contributed by atoms with Crippen molar-refractivity contribution < 1.29 is 4.74 Å². The quantitative estimate of drug-likeness (QED) is 0.785. The number of nitrogens with one attached hydrogen (secondary N) is 1. The Kier molecular flexibility index (Phi) is 2.37. The Morgan fingerprint density at radius 2 is 2.47 bits per heavy atom. The molecule has 4 nitrogen and oxygen atoms in total. The fraction of sp³-hybridized carbons (Fsp3) is 0.727. The molecule has 1 unspecified atom stereocenters. The lowest BCUT2D eigenvalue weighted by Gasteiger charge is -2.11. The molecule has 4 heteroatoms. The maximum absolute atomic E-state index is 5.83. The van der Waals surface area contributed by atoms with Crippen molar-refractivity contribution in [2.75, 3.05) is 13.1 Å². The van der Waals surface area contributed by atoms with Gasteiger partial charge in [-0.05, 0) is 25.8 Å². The van der Waals surface area contributed by atoms with Crippen LogP contribution in [0.25, 0.3) is 0 Å². The van der Waals surface area contributed by atoms with Crippen LogP contribution >= 0.6 is 0 Å². The number of aromatic nitrogens is 2. The van der Waals surface area contributed by atoms with Crippen LogP contribution in [0.15, 0.2) is 6.20 Å². The first-order valence-electron chi connectivity index (χ1n) is 5.85. The number of rotatable bonds is 2. The zero-order valence-corrected chi connectivity index (χ0v) is 8.91. The molecule has 0 spiro atoms. The molecule has 1 fully saturated rings. The van der Waals surface area contributed by atoms with Crippen molar-refractivity contribution in [3.63, 3.8) is 0 Å². The van der Waals surface area contributed by atoms with Crippen LogP contribution in [-0.4, -0.2) is 28.7 Å². The van der Waals surface area contributed by atoms with E-state index in [1.54, 1.807) is 0 Å². The van der Waals surface area contributed by atoms with Crippen molar-refractivity contribution in [1.82, 2.24) is 14.9 Å². The predicted octanol–water partition coefficient (Wildman–Crippen LogP) is 0.960. The van der Waals surface area contributed by atoms with Gasteiger partial charge in [-0.2, -0.15) is 4.98 Å². The van der Waals surface area contributed by atoms with Gasteiger partial charge in [-0.3, -0.25) is 0 Å². The van der Waals surface area contributed by atoms with Gasteiger partial charge in [0.1, 0.15) is 11.9 Å². The van der Waals surface area contributed by atoms with Gasteiger partial charge in [-0.15, -0.1) is 0 Å². The highest BCUT2D eigenvalue weighted by atomic mass is 16.5. The maximum atomic E-state index is 5.83. The topological polar surface area (TPSA) is 39.1 Å². The molecule has 3 heterocycles. The molecule has 0 amide bonds. The Bertz CT molecular complexity index is 318. The lowest BCUT2D eigenvalue weighted by atomic mass is 10.2. The van der Waals surface area contributed by atoms with E-state index in [9.17, 15) is 0 Å². The van der Waals surface area contributed by atoms with Gasteiger partial charge in [-0.25, -0.2) is 0 Å². The van der Waals surface area contributed by atoms with E-state index in [0.717, 1.165) is 38.4 Å². The Hall–Kier alpha value is -1.03. The van der Waals surface area contributed by atoms with Gasteiger partial charge in [0.15, 0.2) is 0 Å². The molecule has 3 rings (SSSR count). The monoisotopic (exact) mass is 207 g/mol. The summed E-state index contributed by atoms with van der Waals surface area (Å²) in [6, 6.07) is 0. The predicted molar refractivity (Wildman–Crippen MR) is 57.1 cm³/mol. The van der Waals surface area contributed by atoms with Gasteiger partial charge in [0.25, 0.3) is 0 Å². The number of hydrogen-bond donors (Lipinski definition) is 1. The average Bonchev–Trinajstić information content (AvgIpc) is 2.86. The van der Waals surface area contributed by atoms with E-state index in [-0.39, 0.29) is 0 Å². The van der Waals surface area contributed by atoms with E-state index in [2.05, 4.69) is 21.1 Å². The minimum Gasteiger partial charge on any atom is -0.472 e. The van der Waals surface area contributed by atoms with Crippen LogP contribution in [0.4, 0.5) is 0 Å². The van der Waals surface area contributed by atoms with Crippen LogP contribution in [0, 0.1) is 0 Å². The molecule has 0 bridgehead atoms. The highest BCUT2D eigenvalue weighted by Crippen LogP contribution is 2.20. The summed E-state index contributed by atoms with van der Waals surface area (Å²) in [7, 11) is 0. The summed E-state index contributed by atoms with van der Waals surface area (Å²) < 4.78 is 8.07. The first kappa shape index (κ1) is 9.21. The Morgan fingerprint density at radius 1 is 1.47 bits per heavy atom. The first-order chi connectivity index (χ1) is 7.42. The molecule has 0 aliphatic carbocycles. The summed E-state index contributed by atoms with van der Waals surface area (Å²) in [6.45, 7) is 3.13. The van der Waals surface area contributed by atoms with E-state index in [1.165, 1.54) is 18.7 Å². The first-order valence-corrected chi connectivity index (χ1v) is 5.85. The van der Waals surface area contributed by atoms with E-state index < -0.39 is 0 Å². The molecule has 0 radical (unpaired) electrons. The van der Waals surface area contributed by atoms with Crippen LogP contribution < -0.4 is 10.1 Å². The molecule has 1 atom stereocenters. The Morgan fingerprint density at radius 3 is 3.27 bits per heavy atom. The molecule has 2 aliphatic rings. The molecule has 2 aliphatic heterocycles. The van der Waals surface area contributed by atoms with Gasteiger partial charge in [0.2, 0.25) is 5.88 Å². The largest absolute Gasteiger partial charge is 0.472 e. The summed E-state index contributed by atoms with van der Waals surface area (Å²) in [5, 5.41) is 3.29. The molecule has 82 valence electrons. The zero-order valence-electron chi connectivity index (χ0n) is 8.91. The van der Waals surface area contributed by atoms with E-state index in [0.29, 0.717) is 6.10 Å². The zero-order chi connectivity index (χ0) is 10.1. The molecule has 0 saturated carbocycles. The van der Waals surface area contributed by atoms with Crippen LogP contribution in [-0.2, 0) is 13.0 Å². The minimum absolute atomic E-state index is 0.321. The van der Waals surface area contributed by atoms with Gasteiger partial charge in [-0.1, -0.05) is 0 Å². The molecule has 1 saturated heterocycles. The third-order valence-electron chi connectivity index (χ3n) is 3.19. The lowest BCUT2D eigenvalue weighted by Crippen LogP contribution is -2.19. The van der Waals surface area contributed by atoms with Crippen LogP contribution in [0.1, 0.15) is 25.1 Å². The number of fused-ring (bicyclic) bond motifs is 1.